The van der Waals surface area contributed by atoms with Gasteiger partial charge in [-0.2, -0.15) is 0 Å². The van der Waals surface area contributed by atoms with E-state index in [-0.39, 0.29) is 25.2 Å². The van der Waals surface area contributed by atoms with E-state index >= 15 is 0 Å². The molecule has 1 amide bonds. The van der Waals surface area contributed by atoms with Crippen molar-refractivity contribution in [2.45, 2.75) is 52.2 Å². The molecule has 2 N–H and O–H groups in total. The number of nitrogens with one attached hydrogen (secondary N) is 1. The number of anilines is 1. The fraction of sp³-hybridized carbons (Fsp3) is 0.588. The van der Waals surface area contributed by atoms with Crippen molar-refractivity contribution in [3.63, 3.8) is 0 Å². The molecule has 0 spiro atoms. The maximum Gasteiger partial charge on any atom is 0.250 e. The van der Waals surface area contributed by atoms with Crippen LogP contribution in [0.15, 0.2) is 18.2 Å². The van der Waals surface area contributed by atoms with E-state index in [2.05, 4.69) is 12.2 Å². The molecule has 0 heterocycles. The summed E-state index contributed by atoms with van der Waals surface area (Å²) < 4.78 is 5.76. The van der Waals surface area contributed by atoms with Gasteiger partial charge in [0.15, 0.2) is 0 Å². The lowest BCUT2D eigenvalue weighted by Gasteiger charge is -2.28. The second kappa shape index (κ2) is 7.57. The second-order valence-electron chi connectivity index (χ2n) is 5.97. The SMILES string of the molecule is Cc1ccc(CO)cc1NC(=O)COC1CCCCC1C. The van der Waals surface area contributed by atoms with Gasteiger partial charge in [-0.1, -0.05) is 31.9 Å². The fourth-order valence-electron chi connectivity index (χ4n) is 2.80. The third-order valence-corrected chi connectivity index (χ3v) is 4.22. The molecule has 0 radical (unpaired) electrons. The van der Waals surface area contributed by atoms with Gasteiger partial charge >= 0.3 is 0 Å². The number of aryl methyl sites for hydroxylation is 1. The van der Waals surface area contributed by atoms with Crippen LogP contribution in [0.1, 0.15) is 43.7 Å². The van der Waals surface area contributed by atoms with Gasteiger partial charge in [-0.05, 0) is 42.9 Å². The van der Waals surface area contributed by atoms with Crippen molar-refractivity contribution in [3.05, 3.63) is 29.3 Å². The van der Waals surface area contributed by atoms with Crippen molar-refractivity contribution in [2.75, 3.05) is 11.9 Å². The smallest absolute Gasteiger partial charge is 0.250 e. The number of rotatable bonds is 5. The van der Waals surface area contributed by atoms with Crippen LogP contribution in [0.25, 0.3) is 0 Å². The van der Waals surface area contributed by atoms with Crippen LogP contribution in [0.2, 0.25) is 0 Å². The van der Waals surface area contributed by atoms with Gasteiger partial charge in [0.25, 0.3) is 0 Å². The standard InChI is InChI=1S/C17H25NO3/c1-12-7-8-14(10-19)9-15(12)18-17(20)11-21-16-6-4-3-5-13(16)2/h7-9,13,16,19H,3-6,10-11H2,1-2H3,(H,18,20). The van der Waals surface area contributed by atoms with Crippen LogP contribution in [-0.2, 0) is 16.1 Å². The minimum Gasteiger partial charge on any atom is -0.392 e. The van der Waals surface area contributed by atoms with Gasteiger partial charge in [-0.25, -0.2) is 0 Å². The Morgan fingerprint density at radius 1 is 1.38 bits per heavy atom. The normalized spacial score (nSPS) is 22.0. The first-order valence-corrected chi connectivity index (χ1v) is 7.72. The Hall–Kier alpha value is -1.39. The average Bonchev–Trinajstić information content (AvgIpc) is 2.48. The fourth-order valence-corrected chi connectivity index (χ4v) is 2.80. The van der Waals surface area contributed by atoms with Crippen LogP contribution >= 0.6 is 0 Å². The molecule has 4 heteroatoms. The van der Waals surface area contributed by atoms with Crippen molar-refractivity contribution in [2.24, 2.45) is 5.92 Å². The number of hydrogen-bond donors (Lipinski definition) is 2. The first-order chi connectivity index (χ1) is 10.1. The molecule has 21 heavy (non-hydrogen) atoms. The van der Waals surface area contributed by atoms with Gasteiger partial charge < -0.3 is 15.2 Å². The van der Waals surface area contributed by atoms with Crippen molar-refractivity contribution in [1.29, 1.82) is 0 Å². The lowest BCUT2D eigenvalue weighted by Crippen LogP contribution is -2.29. The molecule has 0 aliphatic heterocycles. The molecular formula is C17H25NO3. The minimum atomic E-state index is -0.133. The highest BCUT2D eigenvalue weighted by Gasteiger charge is 2.22. The number of aliphatic hydroxyl groups excluding tert-OH is 1. The maximum absolute atomic E-state index is 12.0. The Labute approximate surface area is 126 Å². The number of carbonyl (C=O) groups excluding carboxylic acids is 1. The number of aliphatic hydroxyl groups is 1. The summed E-state index contributed by atoms with van der Waals surface area (Å²) >= 11 is 0. The highest BCUT2D eigenvalue weighted by atomic mass is 16.5. The zero-order chi connectivity index (χ0) is 15.2. The molecule has 0 aromatic heterocycles. The molecule has 116 valence electrons. The summed E-state index contributed by atoms with van der Waals surface area (Å²) in [4.78, 5) is 12.0. The van der Waals surface area contributed by atoms with E-state index in [0.29, 0.717) is 5.92 Å². The van der Waals surface area contributed by atoms with Crippen LogP contribution < -0.4 is 5.32 Å². The van der Waals surface area contributed by atoms with Crippen LogP contribution in [-0.4, -0.2) is 23.7 Å². The van der Waals surface area contributed by atoms with Crippen LogP contribution in [0, 0.1) is 12.8 Å². The monoisotopic (exact) mass is 291 g/mol. The van der Waals surface area contributed by atoms with Gasteiger partial charge in [0.1, 0.15) is 6.61 Å². The summed E-state index contributed by atoms with van der Waals surface area (Å²) in [5, 5.41) is 12.0. The van der Waals surface area contributed by atoms with E-state index in [1.807, 2.05) is 19.1 Å². The van der Waals surface area contributed by atoms with E-state index in [4.69, 9.17) is 9.84 Å². The number of carbonyl (C=O) groups is 1. The quantitative estimate of drug-likeness (QED) is 0.876. The lowest BCUT2D eigenvalue weighted by atomic mass is 9.88. The topological polar surface area (TPSA) is 58.6 Å². The van der Waals surface area contributed by atoms with Gasteiger partial charge in [0, 0.05) is 5.69 Å². The Bertz CT molecular complexity index is 487. The van der Waals surface area contributed by atoms with Crippen LogP contribution in [0.4, 0.5) is 5.69 Å². The van der Waals surface area contributed by atoms with Crippen LogP contribution in [0.3, 0.4) is 0 Å². The number of amides is 1. The molecule has 2 rings (SSSR count). The molecule has 1 aromatic carbocycles. The van der Waals surface area contributed by atoms with Gasteiger partial charge in [-0.3, -0.25) is 4.79 Å². The van der Waals surface area contributed by atoms with Crippen molar-refractivity contribution in [3.8, 4) is 0 Å². The largest absolute Gasteiger partial charge is 0.392 e. The Morgan fingerprint density at radius 3 is 2.86 bits per heavy atom. The molecule has 2 atom stereocenters. The number of benzene rings is 1. The molecule has 1 aromatic rings. The highest BCUT2D eigenvalue weighted by Crippen LogP contribution is 2.26. The molecule has 1 aliphatic rings. The lowest BCUT2D eigenvalue weighted by molar-refractivity contribution is -0.124. The van der Waals surface area contributed by atoms with E-state index in [1.54, 1.807) is 6.07 Å². The molecule has 1 aliphatic carbocycles. The van der Waals surface area contributed by atoms with E-state index < -0.39 is 0 Å². The maximum atomic E-state index is 12.0. The number of hydrogen-bond acceptors (Lipinski definition) is 3. The van der Waals surface area contributed by atoms with E-state index in [9.17, 15) is 4.79 Å². The third-order valence-electron chi connectivity index (χ3n) is 4.22. The zero-order valence-electron chi connectivity index (χ0n) is 12.9. The third kappa shape index (κ3) is 4.55. The molecular weight excluding hydrogens is 266 g/mol. The van der Waals surface area contributed by atoms with Gasteiger partial charge in [-0.15, -0.1) is 0 Å². The van der Waals surface area contributed by atoms with Gasteiger partial charge in [0.2, 0.25) is 5.91 Å². The molecule has 4 nitrogen and oxygen atoms in total. The Morgan fingerprint density at radius 2 is 2.14 bits per heavy atom. The van der Waals surface area contributed by atoms with Crippen molar-refractivity contribution in [1.82, 2.24) is 0 Å². The van der Waals surface area contributed by atoms with Gasteiger partial charge in [0.05, 0.1) is 12.7 Å². The van der Waals surface area contributed by atoms with E-state index in [1.165, 1.54) is 19.3 Å². The highest BCUT2D eigenvalue weighted by molar-refractivity contribution is 5.92. The summed E-state index contributed by atoms with van der Waals surface area (Å²) in [6.45, 7) is 4.19. The summed E-state index contributed by atoms with van der Waals surface area (Å²) in [5.41, 5.74) is 2.51. The first-order valence-electron chi connectivity index (χ1n) is 7.72. The second-order valence-corrected chi connectivity index (χ2v) is 5.97. The summed E-state index contributed by atoms with van der Waals surface area (Å²) in [6.07, 6.45) is 4.89. The predicted molar refractivity (Wildman–Crippen MR) is 83.1 cm³/mol. The minimum absolute atomic E-state index is 0.0285. The molecule has 0 bridgehead atoms. The summed E-state index contributed by atoms with van der Waals surface area (Å²) in [7, 11) is 0. The molecule has 1 fully saturated rings. The van der Waals surface area contributed by atoms with Crippen molar-refractivity contribution < 1.29 is 14.6 Å². The summed E-state index contributed by atoms with van der Waals surface area (Å²) in [5.74, 6) is 0.400. The summed E-state index contributed by atoms with van der Waals surface area (Å²) in [6, 6.07) is 5.55. The Kier molecular flexibility index (Phi) is 5.76. The Balaban J connectivity index is 1.86. The number of ether oxygens (including phenoxy) is 1. The molecule has 1 saturated carbocycles. The first kappa shape index (κ1) is 16.0. The zero-order valence-corrected chi connectivity index (χ0v) is 12.9. The predicted octanol–water partition coefficient (Wildman–Crippen LogP) is 3.02. The van der Waals surface area contributed by atoms with Crippen LogP contribution in [0.5, 0.6) is 0 Å². The van der Waals surface area contributed by atoms with E-state index in [0.717, 1.165) is 23.2 Å². The average molecular weight is 291 g/mol. The molecule has 2 unspecified atom stereocenters. The van der Waals surface area contributed by atoms with Crippen molar-refractivity contribution >= 4 is 11.6 Å². The molecule has 0 saturated heterocycles.